The van der Waals surface area contributed by atoms with E-state index in [2.05, 4.69) is 0 Å². The number of carbonyl (C=O) groups is 3. The summed E-state index contributed by atoms with van der Waals surface area (Å²) < 4.78 is 1.63. The van der Waals surface area contributed by atoms with Gasteiger partial charge in [-0.2, -0.15) is 0 Å². The lowest BCUT2D eigenvalue weighted by Gasteiger charge is -2.12. The summed E-state index contributed by atoms with van der Waals surface area (Å²) in [6.07, 6.45) is 0.296. The molecule has 19 heavy (non-hydrogen) atoms. The van der Waals surface area contributed by atoms with Gasteiger partial charge in [-0.25, -0.2) is 13.9 Å². The molecule has 0 spiro atoms. The van der Waals surface area contributed by atoms with Crippen LogP contribution in [-0.2, 0) is 6.42 Å². The van der Waals surface area contributed by atoms with E-state index in [1.54, 1.807) is 6.92 Å². The smallest absolute Gasteiger partial charge is 0.342 e. The third-order valence-corrected chi connectivity index (χ3v) is 2.72. The number of rotatable bonds is 2. The number of amides is 1. The fourth-order valence-electron chi connectivity index (χ4n) is 1.92. The van der Waals surface area contributed by atoms with Gasteiger partial charge in [-0.3, -0.25) is 14.4 Å². The Hall–Kier alpha value is -2.18. The van der Waals surface area contributed by atoms with E-state index in [-0.39, 0.29) is 11.4 Å². The summed E-state index contributed by atoms with van der Waals surface area (Å²) in [5.74, 6) is -1.59. The molecule has 0 saturated heterocycles. The molecule has 0 atom stereocenters. The highest BCUT2D eigenvalue weighted by molar-refractivity contribution is 5.98. The fourth-order valence-corrected chi connectivity index (χ4v) is 1.92. The molecule has 0 saturated carbocycles. The number of imidazole rings is 1. The third-order valence-electron chi connectivity index (χ3n) is 2.72. The molecule has 1 amide bonds. The topological polar surface area (TPSA) is 81.4 Å². The van der Waals surface area contributed by atoms with Crippen molar-refractivity contribution in [2.24, 2.45) is 0 Å². The van der Waals surface area contributed by atoms with Crippen molar-refractivity contribution >= 4 is 17.7 Å². The molecule has 0 radical (unpaired) electrons. The van der Waals surface area contributed by atoms with Crippen LogP contribution < -0.4 is 5.69 Å². The Morgan fingerprint density at radius 2 is 1.53 bits per heavy atom. The van der Waals surface area contributed by atoms with Crippen molar-refractivity contribution in [2.45, 2.75) is 27.2 Å². The molecule has 104 valence electrons. The molecule has 0 aliphatic heterocycles. The van der Waals surface area contributed by atoms with Crippen LogP contribution >= 0.6 is 0 Å². The second kappa shape index (κ2) is 5.21. The fraction of sp³-hybridized carbons (Fsp3) is 0.500. The SMILES string of the molecule is CCc1c(C(=O)N(C)C)n(C(C)=O)c(=O)n1C(C)=O. The monoisotopic (exact) mass is 267 g/mol. The largest absolute Gasteiger partial charge is 0.343 e. The zero-order valence-corrected chi connectivity index (χ0v) is 11.7. The third kappa shape index (κ3) is 2.35. The van der Waals surface area contributed by atoms with Gasteiger partial charge in [0.15, 0.2) is 0 Å². The van der Waals surface area contributed by atoms with Gasteiger partial charge >= 0.3 is 5.69 Å². The minimum atomic E-state index is -0.790. The molecular weight excluding hydrogens is 250 g/mol. The molecule has 0 aromatic carbocycles. The summed E-state index contributed by atoms with van der Waals surface area (Å²) >= 11 is 0. The van der Waals surface area contributed by atoms with Crippen LogP contribution in [0.2, 0.25) is 0 Å². The normalized spacial score (nSPS) is 10.4. The maximum absolute atomic E-state index is 12.1. The van der Waals surface area contributed by atoms with E-state index in [4.69, 9.17) is 0 Å². The number of hydrogen-bond acceptors (Lipinski definition) is 4. The Morgan fingerprint density at radius 3 is 1.84 bits per heavy atom. The van der Waals surface area contributed by atoms with E-state index in [0.717, 1.165) is 9.13 Å². The number of aromatic nitrogens is 2. The van der Waals surface area contributed by atoms with Crippen LogP contribution in [0.5, 0.6) is 0 Å². The molecule has 0 aliphatic rings. The zero-order chi connectivity index (χ0) is 14.9. The molecule has 1 heterocycles. The summed E-state index contributed by atoms with van der Waals surface area (Å²) in [6.45, 7) is 4.11. The molecule has 1 rings (SSSR count). The predicted octanol–water partition coefficient (Wildman–Crippen LogP) is 0.234. The van der Waals surface area contributed by atoms with Crippen LogP contribution in [0, 0.1) is 0 Å². The zero-order valence-electron chi connectivity index (χ0n) is 11.7. The lowest BCUT2D eigenvalue weighted by Crippen LogP contribution is -2.33. The van der Waals surface area contributed by atoms with Crippen LogP contribution in [0.1, 0.15) is 46.5 Å². The molecule has 0 N–H and O–H groups in total. The Bertz CT molecular complexity index is 607. The van der Waals surface area contributed by atoms with E-state index in [9.17, 15) is 19.2 Å². The summed E-state index contributed by atoms with van der Waals surface area (Å²) in [5, 5.41) is 0. The second-order valence-corrected chi connectivity index (χ2v) is 4.34. The molecule has 1 aromatic heterocycles. The van der Waals surface area contributed by atoms with Crippen LogP contribution in [0.4, 0.5) is 0 Å². The number of carbonyl (C=O) groups excluding carboxylic acids is 3. The van der Waals surface area contributed by atoms with Crippen LogP contribution in [0.3, 0.4) is 0 Å². The van der Waals surface area contributed by atoms with Crippen molar-refractivity contribution in [1.29, 1.82) is 0 Å². The van der Waals surface area contributed by atoms with Gasteiger partial charge in [0.25, 0.3) is 5.91 Å². The highest BCUT2D eigenvalue weighted by atomic mass is 16.2. The Labute approximate surface area is 110 Å². The maximum atomic E-state index is 12.1. The standard InChI is InChI=1S/C12H17N3O4/c1-6-9-10(11(18)13(4)5)15(8(3)17)12(19)14(9)7(2)16/h6H2,1-5H3. The highest BCUT2D eigenvalue weighted by Crippen LogP contribution is 2.11. The summed E-state index contributed by atoms with van der Waals surface area (Å²) in [4.78, 5) is 48.6. The van der Waals surface area contributed by atoms with Gasteiger partial charge < -0.3 is 4.90 Å². The quantitative estimate of drug-likeness (QED) is 0.768. The van der Waals surface area contributed by atoms with Gasteiger partial charge in [-0.1, -0.05) is 6.92 Å². The Kier molecular flexibility index (Phi) is 4.08. The molecular formula is C12H17N3O4. The van der Waals surface area contributed by atoms with Crippen molar-refractivity contribution in [3.8, 4) is 0 Å². The van der Waals surface area contributed by atoms with Crippen LogP contribution in [0.15, 0.2) is 4.79 Å². The van der Waals surface area contributed by atoms with Gasteiger partial charge in [0, 0.05) is 27.9 Å². The van der Waals surface area contributed by atoms with Gasteiger partial charge in [0.05, 0.1) is 5.69 Å². The molecule has 7 heteroatoms. The van der Waals surface area contributed by atoms with E-state index in [0.29, 0.717) is 6.42 Å². The Morgan fingerprint density at radius 1 is 1.05 bits per heavy atom. The summed E-state index contributed by atoms with van der Waals surface area (Å²) in [6, 6.07) is 0. The first-order chi connectivity index (χ1) is 8.73. The first-order valence-electron chi connectivity index (χ1n) is 5.84. The molecule has 0 unspecified atom stereocenters. The first-order valence-corrected chi connectivity index (χ1v) is 5.84. The molecule has 7 nitrogen and oxygen atoms in total. The molecule has 0 bridgehead atoms. The van der Waals surface area contributed by atoms with E-state index in [1.807, 2.05) is 0 Å². The number of hydrogen-bond donors (Lipinski definition) is 0. The minimum Gasteiger partial charge on any atom is -0.343 e. The summed E-state index contributed by atoms with van der Waals surface area (Å²) in [7, 11) is 3.03. The van der Waals surface area contributed by atoms with Gasteiger partial charge in [-0.05, 0) is 6.42 Å². The molecule has 0 aliphatic carbocycles. The average Bonchev–Trinajstić information content (AvgIpc) is 2.60. The van der Waals surface area contributed by atoms with Crippen LogP contribution in [-0.4, -0.2) is 45.9 Å². The van der Waals surface area contributed by atoms with Crippen molar-refractivity contribution in [1.82, 2.24) is 14.0 Å². The van der Waals surface area contributed by atoms with Gasteiger partial charge in [-0.15, -0.1) is 0 Å². The second-order valence-electron chi connectivity index (χ2n) is 4.34. The summed E-state index contributed by atoms with van der Waals surface area (Å²) in [5.41, 5.74) is -0.575. The van der Waals surface area contributed by atoms with Crippen molar-refractivity contribution in [3.05, 3.63) is 21.9 Å². The number of nitrogens with zero attached hydrogens (tertiary/aromatic N) is 3. The maximum Gasteiger partial charge on any atom is 0.342 e. The average molecular weight is 267 g/mol. The van der Waals surface area contributed by atoms with Crippen molar-refractivity contribution in [2.75, 3.05) is 14.1 Å². The highest BCUT2D eigenvalue weighted by Gasteiger charge is 2.28. The lowest BCUT2D eigenvalue weighted by molar-refractivity contribution is 0.0795. The van der Waals surface area contributed by atoms with Gasteiger partial charge in [0.2, 0.25) is 11.8 Å². The molecule has 1 aromatic rings. The first kappa shape index (κ1) is 14.9. The van der Waals surface area contributed by atoms with Gasteiger partial charge in [0.1, 0.15) is 5.69 Å². The van der Waals surface area contributed by atoms with Crippen LogP contribution in [0.25, 0.3) is 0 Å². The Balaban J connectivity index is 3.82. The predicted molar refractivity (Wildman–Crippen MR) is 68.7 cm³/mol. The minimum absolute atomic E-state index is 0.0415. The van der Waals surface area contributed by atoms with E-state index < -0.39 is 23.4 Å². The van der Waals surface area contributed by atoms with Crippen molar-refractivity contribution in [3.63, 3.8) is 0 Å². The van der Waals surface area contributed by atoms with E-state index in [1.165, 1.54) is 32.8 Å². The lowest BCUT2D eigenvalue weighted by atomic mass is 10.2. The molecule has 0 fully saturated rings. The van der Waals surface area contributed by atoms with Crippen molar-refractivity contribution < 1.29 is 14.4 Å². The van der Waals surface area contributed by atoms with E-state index >= 15 is 0 Å².